The summed E-state index contributed by atoms with van der Waals surface area (Å²) >= 11 is 0. The van der Waals surface area contributed by atoms with E-state index in [4.69, 9.17) is 0 Å². The second-order valence-electron chi connectivity index (χ2n) is 7.14. The molecule has 2 rings (SSSR count). The molecular weight excluding hydrogens is 449 g/mol. The number of aliphatic imine (C=N–C) groups is 1. The van der Waals surface area contributed by atoms with Crippen LogP contribution in [0.5, 0.6) is 0 Å². The van der Waals surface area contributed by atoms with Crippen LogP contribution in [0.25, 0.3) is 0 Å². The van der Waals surface area contributed by atoms with Crippen molar-refractivity contribution < 1.29 is 0 Å². The first kappa shape index (κ1) is 23.5. The van der Waals surface area contributed by atoms with E-state index in [0.717, 1.165) is 37.7 Å². The first-order valence-electron chi connectivity index (χ1n) is 9.51. The summed E-state index contributed by atoms with van der Waals surface area (Å²) in [6.07, 6.45) is 1.01. The molecule has 0 saturated carbocycles. The fraction of sp³-hybridized carbons (Fsp3) is 0.524. The zero-order valence-corrected chi connectivity index (χ0v) is 19.5. The average Bonchev–Trinajstić information content (AvgIpc) is 2.95. The smallest absolute Gasteiger partial charge is 0.190 e. The van der Waals surface area contributed by atoms with Gasteiger partial charge in [-0.2, -0.15) is 5.10 Å². The van der Waals surface area contributed by atoms with Gasteiger partial charge in [0.1, 0.15) is 0 Å². The molecule has 0 fully saturated rings. The highest BCUT2D eigenvalue weighted by Gasteiger charge is 2.15. The van der Waals surface area contributed by atoms with Crippen molar-refractivity contribution in [1.29, 1.82) is 0 Å². The Bertz CT molecular complexity index is 694. The summed E-state index contributed by atoms with van der Waals surface area (Å²) in [6.45, 7) is 11.3. The molecule has 2 N–H and O–H groups in total. The maximum absolute atomic E-state index is 4.50. The van der Waals surface area contributed by atoms with Crippen LogP contribution < -0.4 is 10.6 Å². The van der Waals surface area contributed by atoms with Crippen LogP contribution in [0.15, 0.2) is 41.4 Å². The zero-order valence-electron chi connectivity index (χ0n) is 17.2. The molecule has 1 aromatic carbocycles. The van der Waals surface area contributed by atoms with Crippen LogP contribution in [0.4, 0.5) is 0 Å². The normalized spacial score (nSPS) is 12.6. The molecule has 2 aromatic rings. The first-order chi connectivity index (χ1) is 12.5. The van der Waals surface area contributed by atoms with Gasteiger partial charge >= 0.3 is 0 Å². The number of hydrogen-bond acceptors (Lipinski definition) is 2. The summed E-state index contributed by atoms with van der Waals surface area (Å²) in [5.41, 5.74) is 3.66. The van der Waals surface area contributed by atoms with Crippen molar-refractivity contribution in [2.24, 2.45) is 10.9 Å². The lowest BCUT2D eigenvalue weighted by atomic mass is 9.88. The molecular formula is C21H34IN5. The van der Waals surface area contributed by atoms with Gasteiger partial charge in [0.25, 0.3) is 0 Å². The first-order valence-corrected chi connectivity index (χ1v) is 9.51. The molecule has 6 heteroatoms. The van der Waals surface area contributed by atoms with E-state index < -0.39 is 0 Å². The van der Waals surface area contributed by atoms with Gasteiger partial charge in [0.15, 0.2) is 5.96 Å². The van der Waals surface area contributed by atoms with Crippen molar-refractivity contribution in [2.45, 2.75) is 46.6 Å². The minimum Gasteiger partial charge on any atom is -0.356 e. The van der Waals surface area contributed by atoms with Crippen LogP contribution in [0, 0.1) is 19.8 Å². The molecule has 0 saturated heterocycles. The lowest BCUT2D eigenvalue weighted by Gasteiger charge is -2.23. The molecule has 0 aliphatic heterocycles. The van der Waals surface area contributed by atoms with E-state index in [9.17, 15) is 0 Å². The average molecular weight is 483 g/mol. The predicted molar refractivity (Wildman–Crippen MR) is 125 cm³/mol. The van der Waals surface area contributed by atoms with Gasteiger partial charge in [-0.25, -0.2) is 0 Å². The SMILES string of the molecule is CN=C(NCCCn1nc(C)cc1C)NCC(c1ccccc1)C(C)C.I. The van der Waals surface area contributed by atoms with Gasteiger partial charge in [-0.3, -0.25) is 9.67 Å². The van der Waals surface area contributed by atoms with Crippen molar-refractivity contribution in [3.63, 3.8) is 0 Å². The zero-order chi connectivity index (χ0) is 18.9. The molecule has 5 nitrogen and oxygen atoms in total. The molecule has 1 unspecified atom stereocenters. The number of hydrogen-bond donors (Lipinski definition) is 2. The molecule has 0 aliphatic rings. The Hall–Kier alpha value is -1.57. The van der Waals surface area contributed by atoms with Crippen LogP contribution in [-0.4, -0.2) is 35.9 Å². The van der Waals surface area contributed by atoms with Gasteiger partial charge in [0, 0.05) is 38.3 Å². The Labute approximate surface area is 181 Å². The van der Waals surface area contributed by atoms with E-state index >= 15 is 0 Å². The minimum absolute atomic E-state index is 0. The van der Waals surface area contributed by atoms with Crippen LogP contribution in [0.2, 0.25) is 0 Å². The minimum atomic E-state index is 0. The maximum atomic E-state index is 4.50. The summed E-state index contributed by atoms with van der Waals surface area (Å²) in [7, 11) is 1.82. The van der Waals surface area contributed by atoms with Crippen molar-refractivity contribution in [3.8, 4) is 0 Å². The molecule has 0 amide bonds. The monoisotopic (exact) mass is 483 g/mol. The van der Waals surface area contributed by atoms with Gasteiger partial charge in [-0.1, -0.05) is 44.2 Å². The second kappa shape index (κ2) is 12.0. The van der Waals surface area contributed by atoms with Crippen molar-refractivity contribution in [3.05, 3.63) is 53.3 Å². The predicted octanol–water partition coefficient (Wildman–Crippen LogP) is 4.11. The Morgan fingerprint density at radius 3 is 2.41 bits per heavy atom. The molecule has 1 aromatic heterocycles. The highest BCUT2D eigenvalue weighted by Crippen LogP contribution is 2.23. The molecule has 150 valence electrons. The van der Waals surface area contributed by atoms with Crippen molar-refractivity contribution in [2.75, 3.05) is 20.1 Å². The van der Waals surface area contributed by atoms with Gasteiger partial charge < -0.3 is 10.6 Å². The largest absolute Gasteiger partial charge is 0.356 e. The standard InChI is InChI=1S/C21H33N5.HI/c1-16(2)20(19-10-7-6-8-11-19)15-24-21(22-5)23-12-9-13-26-18(4)14-17(3)25-26;/h6-8,10-11,14,16,20H,9,12-13,15H2,1-5H3,(H2,22,23,24);1H. The van der Waals surface area contributed by atoms with Crippen LogP contribution in [-0.2, 0) is 6.54 Å². The summed E-state index contributed by atoms with van der Waals surface area (Å²) in [6, 6.07) is 12.8. The second-order valence-corrected chi connectivity index (χ2v) is 7.14. The Morgan fingerprint density at radius 2 is 1.85 bits per heavy atom. The number of nitrogens with one attached hydrogen (secondary N) is 2. The lowest BCUT2D eigenvalue weighted by Crippen LogP contribution is -2.40. The van der Waals surface area contributed by atoms with E-state index in [1.807, 2.05) is 14.0 Å². The highest BCUT2D eigenvalue weighted by molar-refractivity contribution is 14.0. The molecule has 0 radical (unpaired) electrons. The number of guanidine groups is 1. The number of rotatable bonds is 8. The Kier molecular flexibility index (Phi) is 10.4. The number of aryl methyl sites for hydroxylation is 3. The van der Waals surface area contributed by atoms with E-state index in [0.29, 0.717) is 11.8 Å². The van der Waals surface area contributed by atoms with E-state index in [-0.39, 0.29) is 24.0 Å². The molecule has 0 aliphatic carbocycles. The Morgan fingerprint density at radius 1 is 1.15 bits per heavy atom. The summed E-state index contributed by atoms with van der Waals surface area (Å²) in [5.74, 6) is 1.89. The van der Waals surface area contributed by atoms with Crippen molar-refractivity contribution in [1.82, 2.24) is 20.4 Å². The van der Waals surface area contributed by atoms with Crippen LogP contribution in [0.3, 0.4) is 0 Å². The molecule has 1 atom stereocenters. The van der Waals surface area contributed by atoms with Gasteiger partial charge in [-0.15, -0.1) is 24.0 Å². The lowest BCUT2D eigenvalue weighted by molar-refractivity contribution is 0.487. The third-order valence-electron chi connectivity index (χ3n) is 4.69. The third-order valence-corrected chi connectivity index (χ3v) is 4.69. The summed E-state index contributed by atoms with van der Waals surface area (Å²) in [4.78, 5) is 4.35. The van der Waals surface area contributed by atoms with Crippen molar-refractivity contribution >= 4 is 29.9 Å². The topological polar surface area (TPSA) is 54.2 Å². The fourth-order valence-electron chi connectivity index (χ4n) is 3.20. The molecule has 0 bridgehead atoms. The molecule has 0 spiro atoms. The molecule has 27 heavy (non-hydrogen) atoms. The quantitative estimate of drug-likeness (QED) is 0.257. The summed E-state index contributed by atoms with van der Waals surface area (Å²) in [5, 5.41) is 11.4. The number of halogens is 1. The van der Waals surface area contributed by atoms with Gasteiger partial charge in [-0.05, 0) is 37.8 Å². The maximum Gasteiger partial charge on any atom is 0.190 e. The third kappa shape index (κ3) is 7.52. The van der Waals surface area contributed by atoms with E-state index in [2.05, 4.69) is 82.6 Å². The summed E-state index contributed by atoms with van der Waals surface area (Å²) < 4.78 is 2.07. The number of aromatic nitrogens is 2. The van der Waals surface area contributed by atoms with Crippen LogP contribution in [0.1, 0.15) is 43.1 Å². The number of benzene rings is 1. The fourth-order valence-corrected chi connectivity index (χ4v) is 3.20. The van der Waals surface area contributed by atoms with E-state index in [1.165, 1.54) is 11.3 Å². The van der Waals surface area contributed by atoms with E-state index in [1.54, 1.807) is 0 Å². The molecule has 1 heterocycles. The van der Waals surface area contributed by atoms with Gasteiger partial charge in [0.2, 0.25) is 0 Å². The highest BCUT2D eigenvalue weighted by atomic mass is 127. The van der Waals surface area contributed by atoms with Gasteiger partial charge in [0.05, 0.1) is 5.69 Å². The Balaban J connectivity index is 0.00000364. The number of nitrogens with zero attached hydrogens (tertiary/aromatic N) is 3. The van der Waals surface area contributed by atoms with Crippen LogP contribution >= 0.6 is 24.0 Å².